The first-order valence-corrected chi connectivity index (χ1v) is 22.7. The smallest absolute Gasteiger partial charge is 0.309 e. The Morgan fingerprint density at radius 1 is 0.456 bits per heavy atom. The maximum atomic E-state index is 14.4. The topological polar surface area (TPSA) is 9.86 Å². The van der Waals surface area contributed by atoms with Crippen LogP contribution in [0.2, 0.25) is 0 Å². The Labute approximate surface area is 390 Å². The third-order valence-electron chi connectivity index (χ3n) is 13.5. The van der Waals surface area contributed by atoms with Gasteiger partial charge >= 0.3 is 12.4 Å². The zero-order chi connectivity index (χ0) is 47.2. The molecular formula is C60H44F6N2. The summed E-state index contributed by atoms with van der Waals surface area (Å²) in [7, 11) is 0. The van der Waals surface area contributed by atoms with Crippen molar-refractivity contribution >= 4 is 38.8 Å². The summed E-state index contributed by atoms with van der Waals surface area (Å²) in [6.45, 7) is 8.34. The number of rotatable bonds is 6. The molecule has 10 aromatic rings. The fourth-order valence-electron chi connectivity index (χ4n) is 10.3. The molecule has 0 saturated heterocycles. The molecule has 0 amide bonds. The van der Waals surface area contributed by atoms with Crippen LogP contribution in [0.15, 0.2) is 170 Å². The second-order valence-electron chi connectivity index (χ2n) is 18.3. The molecule has 2 nitrogen and oxygen atoms in total. The van der Waals surface area contributed by atoms with Crippen LogP contribution >= 0.6 is 0 Å². The molecule has 0 N–H and O–H groups in total. The number of halogens is 6. The van der Waals surface area contributed by atoms with E-state index in [-0.39, 0.29) is 23.1 Å². The Morgan fingerprint density at radius 3 is 1.66 bits per heavy atom. The summed E-state index contributed by atoms with van der Waals surface area (Å²) in [5.74, 6) is 0.263. The molecular weight excluding hydrogens is 863 g/mol. The first-order valence-electron chi connectivity index (χ1n) is 22.7. The highest BCUT2D eigenvalue weighted by Crippen LogP contribution is 2.46. The van der Waals surface area contributed by atoms with Gasteiger partial charge in [0.2, 0.25) is 0 Å². The van der Waals surface area contributed by atoms with Gasteiger partial charge in [-0.05, 0) is 150 Å². The number of aromatic nitrogens is 2. The van der Waals surface area contributed by atoms with Crippen LogP contribution in [0.4, 0.5) is 26.3 Å². The first kappa shape index (κ1) is 43.0. The molecule has 2 aromatic heterocycles. The van der Waals surface area contributed by atoms with Gasteiger partial charge in [-0.2, -0.15) is 26.3 Å². The Hall–Kier alpha value is -7.58. The lowest BCUT2D eigenvalue weighted by atomic mass is 9.91. The highest BCUT2D eigenvalue weighted by molar-refractivity contribution is 6.11. The molecule has 2 heterocycles. The molecule has 0 spiro atoms. The number of benzene rings is 8. The lowest BCUT2D eigenvalue weighted by molar-refractivity contribution is -0.143. The van der Waals surface area contributed by atoms with E-state index in [1.807, 2.05) is 43.3 Å². The molecule has 68 heavy (non-hydrogen) atoms. The van der Waals surface area contributed by atoms with Gasteiger partial charge in [-0.1, -0.05) is 121 Å². The summed E-state index contributed by atoms with van der Waals surface area (Å²) in [5.41, 5.74) is 12.8. The Bertz CT molecular complexity index is 3660. The van der Waals surface area contributed by atoms with Gasteiger partial charge in [-0.25, -0.2) is 0 Å². The van der Waals surface area contributed by atoms with Crippen LogP contribution in [0.5, 0.6) is 0 Å². The standard InChI is InChI=1S/C60H44F6N2/c1-35-10-7-13-39(26-35)41-19-23-54-49(31-41)47-15-5-6-16-52(47)68(54)57-17-9-12-38(4)58(57)51-33-43(44-29-45(59(61,62)63)34-46(30-44)60(64,65)66)21-25-56(51)67-53-22-18-37(3)28-48(53)50-32-42(20-24-55(50)67)40-14-8-11-36(2)27-40/h5-27,29-34,37H,28H2,1-4H3. The van der Waals surface area contributed by atoms with Crippen LogP contribution < -0.4 is 0 Å². The van der Waals surface area contributed by atoms with Crippen molar-refractivity contribution in [2.75, 3.05) is 0 Å². The SMILES string of the molecule is Cc1cccc(-c2ccc3c(c2)c2c(n3-c3ccc(-c4cc(C(F)(F)F)cc(C(F)(F)F)c4)cc3-c3c(C)cccc3-n3c4ccccc4c4cc(-c5cccc(C)c5)ccc43)C=CC(C)C2)c1. The van der Waals surface area contributed by atoms with Gasteiger partial charge in [0.25, 0.3) is 0 Å². The summed E-state index contributed by atoms with van der Waals surface area (Å²) < 4.78 is 90.9. The summed E-state index contributed by atoms with van der Waals surface area (Å²) >= 11 is 0. The Morgan fingerprint density at radius 2 is 1.01 bits per heavy atom. The molecule has 1 unspecified atom stereocenters. The molecule has 0 fully saturated rings. The predicted octanol–water partition coefficient (Wildman–Crippen LogP) is 17.6. The quantitative estimate of drug-likeness (QED) is 0.147. The van der Waals surface area contributed by atoms with Crippen molar-refractivity contribution in [2.45, 2.75) is 46.5 Å². The van der Waals surface area contributed by atoms with Gasteiger partial charge < -0.3 is 9.13 Å². The van der Waals surface area contributed by atoms with Crippen LogP contribution in [0.3, 0.4) is 0 Å². The average molecular weight is 907 g/mol. The van der Waals surface area contributed by atoms with Crippen molar-refractivity contribution in [3.05, 3.63) is 209 Å². The monoisotopic (exact) mass is 906 g/mol. The van der Waals surface area contributed by atoms with Crippen molar-refractivity contribution in [2.24, 2.45) is 5.92 Å². The van der Waals surface area contributed by atoms with Crippen LogP contribution in [0, 0.1) is 26.7 Å². The van der Waals surface area contributed by atoms with Crippen LogP contribution in [0.1, 0.15) is 46.0 Å². The molecule has 0 saturated carbocycles. The number of hydrogen-bond donors (Lipinski definition) is 0. The van der Waals surface area contributed by atoms with E-state index in [0.29, 0.717) is 5.56 Å². The van der Waals surface area contributed by atoms with Crippen molar-refractivity contribution < 1.29 is 26.3 Å². The van der Waals surface area contributed by atoms with E-state index in [9.17, 15) is 26.3 Å². The fraction of sp³-hybridized carbons (Fsp3) is 0.133. The van der Waals surface area contributed by atoms with Gasteiger partial charge in [-0.3, -0.25) is 0 Å². The minimum absolute atomic E-state index is 0.182. The minimum Gasteiger partial charge on any atom is -0.309 e. The highest BCUT2D eigenvalue weighted by Gasteiger charge is 2.37. The third kappa shape index (κ3) is 7.39. The number of alkyl halides is 6. The number of hydrogen-bond acceptors (Lipinski definition) is 0. The summed E-state index contributed by atoms with van der Waals surface area (Å²) in [5, 5.41) is 3.16. The van der Waals surface area contributed by atoms with E-state index < -0.39 is 23.5 Å². The van der Waals surface area contributed by atoms with Gasteiger partial charge in [-0.15, -0.1) is 0 Å². The zero-order valence-corrected chi connectivity index (χ0v) is 37.7. The summed E-state index contributed by atoms with van der Waals surface area (Å²) in [4.78, 5) is 0. The highest BCUT2D eigenvalue weighted by atomic mass is 19.4. The van der Waals surface area contributed by atoms with E-state index in [1.54, 1.807) is 12.1 Å². The van der Waals surface area contributed by atoms with Crippen molar-refractivity contribution in [1.29, 1.82) is 0 Å². The molecule has 0 aliphatic heterocycles. The van der Waals surface area contributed by atoms with E-state index >= 15 is 0 Å². The number of para-hydroxylation sites is 1. The molecule has 0 bridgehead atoms. The second-order valence-corrected chi connectivity index (χ2v) is 18.3. The maximum absolute atomic E-state index is 14.4. The van der Waals surface area contributed by atoms with E-state index in [1.165, 1.54) is 5.56 Å². The van der Waals surface area contributed by atoms with E-state index in [0.717, 1.165) is 113 Å². The minimum atomic E-state index is -5.01. The number of aryl methyl sites for hydroxylation is 3. The first-order chi connectivity index (χ1) is 32.6. The number of nitrogens with zero attached hydrogens (tertiary/aromatic N) is 2. The normalized spacial score (nSPS) is 14.1. The molecule has 1 atom stereocenters. The lowest BCUT2D eigenvalue weighted by Crippen LogP contribution is -2.11. The zero-order valence-electron chi connectivity index (χ0n) is 37.7. The molecule has 11 rings (SSSR count). The Balaban J connectivity index is 1.22. The number of fused-ring (bicyclic) bond motifs is 6. The van der Waals surface area contributed by atoms with Gasteiger partial charge in [0.15, 0.2) is 0 Å². The molecule has 0 radical (unpaired) electrons. The second kappa shape index (κ2) is 16.0. The van der Waals surface area contributed by atoms with Gasteiger partial charge in [0.05, 0.1) is 39.1 Å². The van der Waals surface area contributed by atoms with Crippen LogP contribution in [-0.2, 0) is 18.8 Å². The van der Waals surface area contributed by atoms with E-state index in [4.69, 9.17) is 0 Å². The molecule has 8 heteroatoms. The van der Waals surface area contributed by atoms with Crippen molar-refractivity contribution in [3.8, 4) is 55.9 Å². The summed E-state index contributed by atoms with van der Waals surface area (Å²) in [6.07, 6.45) is -4.90. The van der Waals surface area contributed by atoms with Crippen LogP contribution in [-0.4, -0.2) is 9.13 Å². The van der Waals surface area contributed by atoms with E-state index in [2.05, 4.69) is 139 Å². The van der Waals surface area contributed by atoms with Crippen LogP contribution in [0.25, 0.3) is 94.7 Å². The maximum Gasteiger partial charge on any atom is 0.416 e. The van der Waals surface area contributed by atoms with Crippen molar-refractivity contribution in [1.82, 2.24) is 9.13 Å². The largest absolute Gasteiger partial charge is 0.416 e. The third-order valence-corrected chi connectivity index (χ3v) is 13.5. The molecule has 1 aliphatic rings. The average Bonchev–Trinajstić information content (AvgIpc) is 3.82. The van der Waals surface area contributed by atoms with Gasteiger partial charge in [0, 0.05) is 33.0 Å². The van der Waals surface area contributed by atoms with Crippen molar-refractivity contribution in [3.63, 3.8) is 0 Å². The molecule has 1 aliphatic carbocycles. The Kier molecular flexibility index (Phi) is 10.2. The summed E-state index contributed by atoms with van der Waals surface area (Å²) in [6, 6.07) is 51.1. The molecule has 8 aromatic carbocycles. The molecule has 336 valence electrons. The number of allylic oxidation sites excluding steroid dienone is 1. The predicted molar refractivity (Wildman–Crippen MR) is 265 cm³/mol. The fourth-order valence-corrected chi connectivity index (χ4v) is 10.3. The lowest BCUT2D eigenvalue weighted by Gasteiger charge is -2.23. The van der Waals surface area contributed by atoms with Gasteiger partial charge in [0.1, 0.15) is 0 Å².